The predicted molar refractivity (Wildman–Crippen MR) is 87.3 cm³/mol. The number of carbonyl (C=O) groups is 1. The van der Waals surface area contributed by atoms with Gasteiger partial charge in [0.05, 0.1) is 0 Å². The van der Waals surface area contributed by atoms with Crippen LogP contribution >= 0.6 is 38.5 Å². The highest BCUT2D eigenvalue weighted by Crippen LogP contribution is 2.17. The van der Waals surface area contributed by atoms with Crippen molar-refractivity contribution in [2.75, 3.05) is 5.32 Å². The Morgan fingerprint density at radius 3 is 2.95 bits per heavy atom. The number of hydrogen-bond donors (Lipinski definition) is 1. The maximum Gasteiger partial charge on any atom is 0.273 e. The van der Waals surface area contributed by atoms with Gasteiger partial charge in [0.15, 0.2) is 0 Å². The van der Waals surface area contributed by atoms with E-state index in [0.717, 1.165) is 21.0 Å². The lowest BCUT2D eigenvalue weighted by Crippen LogP contribution is -2.17. The minimum Gasteiger partial charge on any atom is -0.342 e. The van der Waals surface area contributed by atoms with E-state index in [1.807, 2.05) is 22.9 Å². The average molecular weight is 434 g/mol. The highest BCUT2D eigenvalue weighted by Gasteiger charge is 2.13. The molecule has 6 heteroatoms. The average Bonchev–Trinajstić information content (AvgIpc) is 2.74. The lowest BCUT2D eigenvalue weighted by Gasteiger charge is -2.08. The van der Waals surface area contributed by atoms with Crippen molar-refractivity contribution in [3.63, 3.8) is 0 Å². The second-order valence-electron chi connectivity index (χ2n) is 4.05. The van der Waals surface area contributed by atoms with E-state index < -0.39 is 0 Å². The second kappa shape index (κ2) is 6.51. The number of rotatable bonds is 4. The van der Waals surface area contributed by atoms with E-state index in [1.165, 1.54) is 0 Å². The van der Waals surface area contributed by atoms with Crippen LogP contribution in [0, 0.1) is 3.57 Å². The van der Waals surface area contributed by atoms with Crippen LogP contribution in [0.2, 0.25) is 0 Å². The molecule has 2 aromatic heterocycles. The molecule has 0 saturated heterocycles. The molecule has 2 heterocycles. The van der Waals surface area contributed by atoms with Crippen molar-refractivity contribution < 1.29 is 4.79 Å². The van der Waals surface area contributed by atoms with Gasteiger partial charge in [0.2, 0.25) is 0 Å². The Morgan fingerprint density at radius 2 is 2.32 bits per heavy atom. The third-order valence-electron chi connectivity index (χ3n) is 2.53. The van der Waals surface area contributed by atoms with Gasteiger partial charge < -0.3 is 9.88 Å². The van der Waals surface area contributed by atoms with Gasteiger partial charge >= 0.3 is 0 Å². The molecule has 0 spiro atoms. The number of carbonyl (C=O) groups excluding carboxylic acids is 1. The Balaban J connectivity index is 2.17. The summed E-state index contributed by atoms with van der Waals surface area (Å²) in [7, 11) is 0. The molecular formula is C13H13BrIN3O. The van der Waals surface area contributed by atoms with Gasteiger partial charge in [-0.3, -0.25) is 4.79 Å². The molecule has 1 N–H and O–H groups in total. The Bertz CT molecular complexity index is 580. The van der Waals surface area contributed by atoms with Gasteiger partial charge in [0, 0.05) is 27.0 Å². The third-order valence-corrected chi connectivity index (χ3v) is 3.60. The zero-order valence-corrected chi connectivity index (χ0v) is 14.1. The van der Waals surface area contributed by atoms with Crippen molar-refractivity contribution >= 4 is 50.2 Å². The first kappa shape index (κ1) is 14.5. The molecule has 0 bridgehead atoms. The zero-order valence-electron chi connectivity index (χ0n) is 10.4. The fourth-order valence-corrected chi connectivity index (χ4v) is 2.50. The Kier molecular flexibility index (Phi) is 4.98. The van der Waals surface area contributed by atoms with E-state index in [1.54, 1.807) is 12.3 Å². The molecular weight excluding hydrogens is 421 g/mol. The molecule has 0 aromatic carbocycles. The highest BCUT2D eigenvalue weighted by molar-refractivity contribution is 14.1. The van der Waals surface area contributed by atoms with Gasteiger partial charge in [-0.2, -0.15) is 0 Å². The van der Waals surface area contributed by atoms with Gasteiger partial charge in [-0.05, 0) is 63.1 Å². The van der Waals surface area contributed by atoms with Gasteiger partial charge in [0.1, 0.15) is 11.5 Å². The zero-order chi connectivity index (χ0) is 13.8. The summed E-state index contributed by atoms with van der Waals surface area (Å²) >= 11 is 5.57. The number of pyridine rings is 1. The smallest absolute Gasteiger partial charge is 0.273 e. The van der Waals surface area contributed by atoms with Crippen LogP contribution in [0.15, 0.2) is 35.1 Å². The van der Waals surface area contributed by atoms with Crippen LogP contribution in [0.3, 0.4) is 0 Å². The Labute approximate surface area is 133 Å². The molecule has 0 fully saturated rings. The minimum atomic E-state index is -0.146. The van der Waals surface area contributed by atoms with Crippen LogP contribution in [0.1, 0.15) is 23.8 Å². The van der Waals surface area contributed by atoms with Crippen molar-refractivity contribution in [1.29, 1.82) is 0 Å². The number of aromatic nitrogens is 2. The standard InChI is InChI=1S/C13H13BrIN3O/c1-2-5-18-8-9(14)6-11(18)13(19)17-12-4-3-10(15)7-16-12/h3-4,6-8H,2,5H2,1H3,(H,16,17,19). The fourth-order valence-electron chi connectivity index (χ4n) is 1.72. The number of nitrogens with zero attached hydrogens (tertiary/aromatic N) is 2. The van der Waals surface area contributed by atoms with Crippen LogP contribution < -0.4 is 5.32 Å². The van der Waals surface area contributed by atoms with Gasteiger partial charge in [-0.1, -0.05) is 6.92 Å². The van der Waals surface area contributed by atoms with Crippen molar-refractivity contribution in [3.05, 3.63) is 44.3 Å². The number of hydrogen-bond acceptors (Lipinski definition) is 2. The second-order valence-corrected chi connectivity index (χ2v) is 6.21. The number of halogens is 2. The molecule has 0 unspecified atom stereocenters. The molecule has 0 radical (unpaired) electrons. The first-order chi connectivity index (χ1) is 9.10. The van der Waals surface area contributed by atoms with Crippen molar-refractivity contribution in [1.82, 2.24) is 9.55 Å². The molecule has 0 aliphatic rings. The van der Waals surface area contributed by atoms with Crippen LogP contribution in [0.4, 0.5) is 5.82 Å². The number of anilines is 1. The SMILES string of the molecule is CCCn1cc(Br)cc1C(=O)Nc1ccc(I)cn1. The van der Waals surface area contributed by atoms with Crippen molar-refractivity contribution in [2.24, 2.45) is 0 Å². The molecule has 100 valence electrons. The maximum atomic E-state index is 12.2. The number of aryl methyl sites for hydroxylation is 1. The topological polar surface area (TPSA) is 46.9 Å². The van der Waals surface area contributed by atoms with Crippen LogP contribution in [0.25, 0.3) is 0 Å². The summed E-state index contributed by atoms with van der Waals surface area (Å²) in [6.07, 6.45) is 4.61. The van der Waals surface area contributed by atoms with Gasteiger partial charge in [-0.25, -0.2) is 4.98 Å². The summed E-state index contributed by atoms with van der Waals surface area (Å²) < 4.78 is 3.88. The third kappa shape index (κ3) is 3.79. The summed E-state index contributed by atoms with van der Waals surface area (Å²) in [6, 6.07) is 5.52. The fraction of sp³-hybridized carbons (Fsp3) is 0.231. The van der Waals surface area contributed by atoms with E-state index >= 15 is 0 Å². The van der Waals surface area contributed by atoms with E-state index in [2.05, 4.69) is 55.7 Å². The minimum absolute atomic E-state index is 0.146. The molecule has 19 heavy (non-hydrogen) atoms. The normalized spacial score (nSPS) is 10.5. The van der Waals surface area contributed by atoms with Crippen LogP contribution in [-0.2, 0) is 6.54 Å². The van der Waals surface area contributed by atoms with Crippen molar-refractivity contribution in [2.45, 2.75) is 19.9 Å². The van der Waals surface area contributed by atoms with E-state index in [-0.39, 0.29) is 5.91 Å². The molecule has 4 nitrogen and oxygen atoms in total. The molecule has 1 amide bonds. The van der Waals surface area contributed by atoms with Crippen LogP contribution in [0.5, 0.6) is 0 Å². The van der Waals surface area contributed by atoms with E-state index in [4.69, 9.17) is 0 Å². The van der Waals surface area contributed by atoms with Crippen molar-refractivity contribution in [3.8, 4) is 0 Å². The lowest BCUT2D eigenvalue weighted by molar-refractivity contribution is 0.101. The van der Waals surface area contributed by atoms with Crippen LogP contribution in [-0.4, -0.2) is 15.5 Å². The number of nitrogens with one attached hydrogen (secondary N) is 1. The summed E-state index contributed by atoms with van der Waals surface area (Å²) in [5.41, 5.74) is 0.633. The monoisotopic (exact) mass is 433 g/mol. The summed E-state index contributed by atoms with van der Waals surface area (Å²) in [4.78, 5) is 16.4. The number of amides is 1. The van der Waals surface area contributed by atoms with Gasteiger partial charge in [0.25, 0.3) is 5.91 Å². The predicted octanol–water partition coefficient (Wildman–Crippen LogP) is 3.91. The van der Waals surface area contributed by atoms with Gasteiger partial charge in [-0.15, -0.1) is 0 Å². The quantitative estimate of drug-likeness (QED) is 0.743. The molecule has 2 rings (SSSR count). The largest absolute Gasteiger partial charge is 0.342 e. The lowest BCUT2D eigenvalue weighted by atomic mass is 10.3. The first-order valence-electron chi connectivity index (χ1n) is 5.88. The summed E-state index contributed by atoms with van der Waals surface area (Å²) in [5, 5.41) is 2.80. The molecule has 2 aromatic rings. The van der Waals surface area contributed by atoms with E-state index in [0.29, 0.717) is 11.5 Å². The Morgan fingerprint density at radius 1 is 1.53 bits per heavy atom. The maximum absolute atomic E-state index is 12.2. The molecule has 0 atom stereocenters. The summed E-state index contributed by atoms with van der Waals surface area (Å²) in [5.74, 6) is 0.415. The van der Waals surface area contributed by atoms with E-state index in [9.17, 15) is 4.79 Å². The Hall–Kier alpha value is -0.890. The summed E-state index contributed by atoms with van der Waals surface area (Å²) in [6.45, 7) is 2.89. The highest BCUT2D eigenvalue weighted by atomic mass is 127. The molecule has 0 aliphatic carbocycles. The molecule has 0 aliphatic heterocycles. The first-order valence-corrected chi connectivity index (χ1v) is 7.76. The molecule has 0 saturated carbocycles.